The van der Waals surface area contributed by atoms with Crippen molar-refractivity contribution in [3.05, 3.63) is 58.7 Å². The van der Waals surface area contributed by atoms with Crippen LogP contribution in [-0.4, -0.2) is 63.2 Å². The third kappa shape index (κ3) is 6.88. The molecule has 2 aromatic rings. The van der Waals surface area contributed by atoms with Crippen LogP contribution >= 0.6 is 0 Å². The van der Waals surface area contributed by atoms with Crippen molar-refractivity contribution < 1.29 is 27.4 Å². The topological polar surface area (TPSA) is 42.0 Å². The Morgan fingerprint density at radius 2 is 1.71 bits per heavy atom. The van der Waals surface area contributed by atoms with Gasteiger partial charge >= 0.3 is 6.18 Å². The molecule has 8 heteroatoms. The van der Waals surface area contributed by atoms with Gasteiger partial charge in [0, 0.05) is 13.1 Å². The van der Waals surface area contributed by atoms with E-state index >= 15 is 0 Å². The third-order valence-electron chi connectivity index (χ3n) is 6.30. The number of alkyl halides is 3. The van der Waals surface area contributed by atoms with Crippen LogP contribution in [0, 0.1) is 0 Å². The van der Waals surface area contributed by atoms with Crippen LogP contribution in [0.3, 0.4) is 0 Å². The van der Waals surface area contributed by atoms with Gasteiger partial charge in [0.05, 0.1) is 26.2 Å². The average molecular weight is 479 g/mol. The maximum Gasteiger partial charge on any atom is 0.416 e. The molecule has 0 spiro atoms. The number of nitrogens with zero attached hydrogens (tertiary/aromatic N) is 2. The summed E-state index contributed by atoms with van der Waals surface area (Å²) in [7, 11) is 5.31. The number of fused-ring (bicyclic) bond motifs is 1. The lowest BCUT2D eigenvalue weighted by Gasteiger charge is -2.23. The minimum Gasteiger partial charge on any atom is -0.493 e. The van der Waals surface area contributed by atoms with Crippen LogP contribution in [0.15, 0.2) is 36.4 Å². The Balaban J connectivity index is 1.42. The first-order valence-electron chi connectivity index (χ1n) is 11.6. The average Bonchev–Trinajstić information content (AvgIpc) is 2.96. The van der Waals surface area contributed by atoms with Gasteiger partial charge in [-0.15, -0.1) is 0 Å². The third-order valence-corrected chi connectivity index (χ3v) is 6.30. The minimum atomic E-state index is -4.37. The lowest BCUT2D eigenvalue weighted by atomic mass is 10.00. The molecule has 2 aromatic carbocycles. The molecule has 0 N–H and O–H groups in total. The summed E-state index contributed by atoms with van der Waals surface area (Å²) >= 11 is 0. The Bertz CT molecular complexity index is 978. The number of halogens is 3. The number of carbonyl (C=O) groups excluding carboxylic acids is 1. The van der Waals surface area contributed by atoms with Gasteiger partial charge < -0.3 is 19.3 Å². The van der Waals surface area contributed by atoms with Crippen molar-refractivity contribution in [2.24, 2.45) is 0 Å². The van der Waals surface area contributed by atoms with E-state index in [0.717, 1.165) is 49.9 Å². The van der Waals surface area contributed by atoms with Gasteiger partial charge in [0.15, 0.2) is 11.5 Å². The van der Waals surface area contributed by atoms with Gasteiger partial charge in [-0.1, -0.05) is 12.1 Å². The highest BCUT2D eigenvalue weighted by Crippen LogP contribution is 2.31. The summed E-state index contributed by atoms with van der Waals surface area (Å²) < 4.78 is 49.7. The van der Waals surface area contributed by atoms with Gasteiger partial charge in [-0.3, -0.25) is 4.79 Å². The van der Waals surface area contributed by atoms with Crippen LogP contribution in [0.5, 0.6) is 11.5 Å². The number of aryl methyl sites for hydroxylation is 1. The zero-order valence-corrected chi connectivity index (χ0v) is 20.1. The maximum atomic E-state index is 13.0. The van der Waals surface area contributed by atoms with Crippen LogP contribution in [-0.2, 0) is 30.2 Å². The van der Waals surface area contributed by atoms with E-state index in [1.807, 2.05) is 18.2 Å². The van der Waals surface area contributed by atoms with Crippen LogP contribution in [0.25, 0.3) is 0 Å². The summed E-state index contributed by atoms with van der Waals surface area (Å²) in [5.41, 5.74) is 1.86. The molecule has 0 bridgehead atoms. The van der Waals surface area contributed by atoms with E-state index < -0.39 is 11.7 Å². The molecule has 5 nitrogen and oxygen atoms in total. The number of rotatable bonds is 10. The summed E-state index contributed by atoms with van der Waals surface area (Å²) in [4.78, 5) is 16.7. The molecule has 0 radical (unpaired) electrons. The Morgan fingerprint density at radius 3 is 2.41 bits per heavy atom. The van der Waals surface area contributed by atoms with Gasteiger partial charge in [0.2, 0.25) is 5.91 Å². The summed E-state index contributed by atoms with van der Waals surface area (Å²) in [6.07, 6.45) is -1.02. The van der Waals surface area contributed by atoms with Gasteiger partial charge in [0.25, 0.3) is 0 Å². The molecule has 0 aromatic heterocycles. The molecule has 1 aliphatic heterocycles. The Kier molecular flexibility index (Phi) is 8.83. The number of carbonyl (C=O) groups is 1. The first-order valence-corrected chi connectivity index (χ1v) is 11.6. The summed E-state index contributed by atoms with van der Waals surface area (Å²) in [5.74, 6) is 1.43. The number of methoxy groups -OCH3 is 2. The second-order valence-electron chi connectivity index (χ2n) is 8.74. The molecule has 1 aliphatic rings. The fraction of sp³-hybridized carbons (Fsp3) is 0.500. The molecule has 186 valence electrons. The zero-order valence-electron chi connectivity index (χ0n) is 20.1. The Hall–Kier alpha value is -2.74. The molecule has 3 rings (SSSR count). The number of ether oxygens (including phenoxy) is 2. The molecule has 0 atom stereocenters. The molecule has 0 fully saturated rings. The SMILES string of the molecule is COc1ccc(CCCN(C)CCCN2CCc3cc(C(F)(F)F)ccc3CC2=O)cc1OC. The minimum absolute atomic E-state index is 0.0189. The Morgan fingerprint density at radius 1 is 0.971 bits per heavy atom. The highest BCUT2D eigenvalue weighted by atomic mass is 19.4. The van der Waals surface area contributed by atoms with Crippen LogP contribution in [0.2, 0.25) is 0 Å². The lowest BCUT2D eigenvalue weighted by Crippen LogP contribution is -2.35. The fourth-order valence-electron chi connectivity index (χ4n) is 4.33. The number of hydrogen-bond donors (Lipinski definition) is 0. The van der Waals surface area contributed by atoms with Crippen molar-refractivity contribution in [3.8, 4) is 11.5 Å². The standard InChI is InChI=1S/C26H33F3N2O3/c1-30(12-4-6-19-7-10-23(33-2)24(16-19)34-3)13-5-14-31-15-11-21-17-22(26(27,28)29)9-8-20(21)18-25(31)32/h7-10,16-17H,4-6,11-15,18H2,1-3H3. The highest BCUT2D eigenvalue weighted by Gasteiger charge is 2.31. The number of hydrogen-bond acceptors (Lipinski definition) is 4. The largest absolute Gasteiger partial charge is 0.493 e. The molecule has 0 saturated carbocycles. The van der Waals surface area contributed by atoms with Crippen LogP contribution in [0.1, 0.15) is 35.1 Å². The van der Waals surface area contributed by atoms with E-state index in [1.165, 1.54) is 17.7 Å². The van der Waals surface area contributed by atoms with Gasteiger partial charge in [-0.05, 0) is 86.8 Å². The van der Waals surface area contributed by atoms with Crippen molar-refractivity contribution >= 4 is 5.91 Å². The molecule has 1 amide bonds. The normalized spacial score (nSPS) is 14.2. The van der Waals surface area contributed by atoms with Crippen LogP contribution in [0.4, 0.5) is 13.2 Å². The molecular formula is C26H33F3N2O3. The molecular weight excluding hydrogens is 445 g/mol. The number of benzene rings is 2. The predicted octanol–water partition coefficient (Wildman–Crippen LogP) is 4.60. The van der Waals surface area contributed by atoms with Crippen molar-refractivity contribution in [1.29, 1.82) is 0 Å². The van der Waals surface area contributed by atoms with Crippen LogP contribution < -0.4 is 9.47 Å². The fourth-order valence-corrected chi connectivity index (χ4v) is 4.33. The van der Waals surface area contributed by atoms with Crippen molar-refractivity contribution in [2.75, 3.05) is 47.4 Å². The van der Waals surface area contributed by atoms with Gasteiger partial charge in [-0.25, -0.2) is 0 Å². The Labute approximate surface area is 199 Å². The quantitative estimate of drug-likeness (QED) is 0.501. The first-order chi connectivity index (χ1) is 16.2. The van der Waals surface area contributed by atoms with E-state index in [-0.39, 0.29) is 12.3 Å². The van der Waals surface area contributed by atoms with E-state index in [9.17, 15) is 18.0 Å². The summed E-state index contributed by atoms with van der Waals surface area (Å²) in [6.45, 7) is 2.84. The molecule has 0 saturated heterocycles. The summed E-state index contributed by atoms with van der Waals surface area (Å²) in [6, 6.07) is 9.67. The first kappa shape index (κ1) is 25.9. The zero-order chi connectivity index (χ0) is 24.7. The predicted molar refractivity (Wildman–Crippen MR) is 125 cm³/mol. The molecule has 34 heavy (non-hydrogen) atoms. The van der Waals surface area contributed by atoms with E-state index in [2.05, 4.69) is 11.9 Å². The molecule has 0 unspecified atom stereocenters. The molecule has 0 aliphatic carbocycles. The number of amides is 1. The lowest BCUT2D eigenvalue weighted by molar-refractivity contribution is -0.137. The smallest absolute Gasteiger partial charge is 0.416 e. The van der Waals surface area contributed by atoms with Crippen molar-refractivity contribution in [2.45, 2.75) is 38.3 Å². The molecule has 1 heterocycles. The van der Waals surface area contributed by atoms with Gasteiger partial charge in [-0.2, -0.15) is 13.2 Å². The van der Waals surface area contributed by atoms with E-state index in [4.69, 9.17) is 9.47 Å². The monoisotopic (exact) mass is 478 g/mol. The van der Waals surface area contributed by atoms with Crippen molar-refractivity contribution in [3.63, 3.8) is 0 Å². The highest BCUT2D eigenvalue weighted by molar-refractivity contribution is 5.80. The second kappa shape index (κ2) is 11.6. The summed E-state index contributed by atoms with van der Waals surface area (Å²) in [5, 5.41) is 0. The van der Waals surface area contributed by atoms with E-state index in [0.29, 0.717) is 30.6 Å². The maximum absolute atomic E-state index is 13.0. The van der Waals surface area contributed by atoms with Crippen molar-refractivity contribution in [1.82, 2.24) is 9.80 Å². The van der Waals surface area contributed by atoms with E-state index in [1.54, 1.807) is 19.1 Å². The second-order valence-corrected chi connectivity index (χ2v) is 8.74. The van der Waals surface area contributed by atoms with Gasteiger partial charge in [0.1, 0.15) is 0 Å².